The Kier molecular flexibility index (Phi) is 5.21. The third kappa shape index (κ3) is 3.46. The first-order valence-corrected chi connectivity index (χ1v) is 8.69. The minimum atomic E-state index is 0.0327. The fraction of sp³-hybridized carbons (Fsp3) is 0.143. The SMILES string of the molecule is Cc1ccccc1C(CC=O)c1ccncc1-c1ccc(Br)cc1. The van der Waals surface area contributed by atoms with Crippen LogP contribution >= 0.6 is 15.9 Å². The predicted octanol–water partition coefficient (Wildman–Crippen LogP) is 5.54. The molecule has 3 rings (SSSR count). The van der Waals surface area contributed by atoms with Gasteiger partial charge in [0.2, 0.25) is 0 Å². The Hall–Kier alpha value is -2.26. The third-order valence-corrected chi connectivity index (χ3v) is 4.81. The number of rotatable bonds is 5. The lowest BCUT2D eigenvalue weighted by atomic mass is 9.83. The molecule has 3 heteroatoms. The summed E-state index contributed by atoms with van der Waals surface area (Å²) < 4.78 is 1.04. The summed E-state index contributed by atoms with van der Waals surface area (Å²) in [6.07, 6.45) is 5.14. The number of aldehydes is 1. The second-order valence-corrected chi connectivity index (χ2v) is 6.70. The van der Waals surface area contributed by atoms with Gasteiger partial charge in [-0.1, -0.05) is 52.3 Å². The van der Waals surface area contributed by atoms with E-state index in [-0.39, 0.29) is 5.92 Å². The molecular weight excluding hydrogens is 362 g/mol. The number of nitrogens with zero attached hydrogens (tertiary/aromatic N) is 1. The summed E-state index contributed by atoms with van der Waals surface area (Å²) in [5.74, 6) is 0.0327. The standard InChI is InChI=1S/C21H18BrNO/c1-15-4-2-3-5-18(15)20(11-13-24)19-10-12-23-14-21(19)16-6-8-17(22)9-7-16/h2-10,12-14,20H,11H2,1H3. The van der Waals surface area contributed by atoms with Crippen molar-refractivity contribution in [2.75, 3.05) is 0 Å². The molecule has 2 aromatic carbocycles. The predicted molar refractivity (Wildman–Crippen MR) is 101 cm³/mol. The molecule has 0 aliphatic rings. The van der Waals surface area contributed by atoms with Crippen LogP contribution < -0.4 is 0 Å². The molecule has 1 atom stereocenters. The van der Waals surface area contributed by atoms with E-state index in [1.807, 2.05) is 36.5 Å². The van der Waals surface area contributed by atoms with E-state index in [9.17, 15) is 4.79 Å². The number of aryl methyl sites for hydroxylation is 1. The van der Waals surface area contributed by atoms with Crippen LogP contribution in [-0.2, 0) is 4.79 Å². The van der Waals surface area contributed by atoms with Gasteiger partial charge in [0.25, 0.3) is 0 Å². The Balaban J connectivity index is 2.14. The summed E-state index contributed by atoms with van der Waals surface area (Å²) in [6, 6.07) is 18.5. The van der Waals surface area contributed by atoms with Gasteiger partial charge < -0.3 is 4.79 Å². The van der Waals surface area contributed by atoms with Crippen LogP contribution in [0.25, 0.3) is 11.1 Å². The van der Waals surface area contributed by atoms with Crippen LogP contribution in [0.4, 0.5) is 0 Å². The van der Waals surface area contributed by atoms with E-state index in [2.05, 4.69) is 52.1 Å². The first-order chi connectivity index (χ1) is 11.7. The van der Waals surface area contributed by atoms with Crippen molar-refractivity contribution in [1.29, 1.82) is 0 Å². The van der Waals surface area contributed by atoms with E-state index in [0.717, 1.165) is 27.4 Å². The zero-order valence-electron chi connectivity index (χ0n) is 13.4. The maximum Gasteiger partial charge on any atom is 0.120 e. The van der Waals surface area contributed by atoms with E-state index in [1.165, 1.54) is 11.1 Å². The number of carbonyl (C=O) groups is 1. The van der Waals surface area contributed by atoms with E-state index in [4.69, 9.17) is 0 Å². The fourth-order valence-corrected chi connectivity index (χ4v) is 3.34. The summed E-state index contributed by atoms with van der Waals surface area (Å²) in [5, 5.41) is 0. The van der Waals surface area contributed by atoms with Crippen molar-refractivity contribution in [3.63, 3.8) is 0 Å². The number of pyridine rings is 1. The molecule has 0 aliphatic heterocycles. The number of carbonyl (C=O) groups excluding carboxylic acids is 1. The maximum atomic E-state index is 11.3. The third-order valence-electron chi connectivity index (χ3n) is 4.28. The average molecular weight is 380 g/mol. The zero-order valence-corrected chi connectivity index (χ0v) is 15.0. The summed E-state index contributed by atoms with van der Waals surface area (Å²) in [7, 11) is 0. The Morgan fingerprint density at radius 2 is 1.79 bits per heavy atom. The van der Waals surface area contributed by atoms with Crippen LogP contribution in [0.1, 0.15) is 29.0 Å². The van der Waals surface area contributed by atoms with Crippen LogP contribution in [0.5, 0.6) is 0 Å². The Bertz CT molecular complexity index is 842. The van der Waals surface area contributed by atoms with Crippen LogP contribution in [0, 0.1) is 6.92 Å². The molecule has 1 aromatic heterocycles. The van der Waals surface area contributed by atoms with Crippen molar-refractivity contribution >= 4 is 22.2 Å². The van der Waals surface area contributed by atoms with Gasteiger partial charge in [0, 0.05) is 34.8 Å². The van der Waals surface area contributed by atoms with E-state index in [1.54, 1.807) is 6.20 Å². The molecule has 3 aromatic rings. The second-order valence-electron chi connectivity index (χ2n) is 5.78. The maximum absolute atomic E-state index is 11.3. The number of aromatic nitrogens is 1. The Morgan fingerprint density at radius 1 is 1.04 bits per heavy atom. The second kappa shape index (κ2) is 7.54. The molecular formula is C21H18BrNO. The highest BCUT2D eigenvalue weighted by Gasteiger charge is 2.19. The molecule has 0 bridgehead atoms. The van der Waals surface area contributed by atoms with Gasteiger partial charge in [0.15, 0.2) is 0 Å². The van der Waals surface area contributed by atoms with Crippen LogP contribution in [0.3, 0.4) is 0 Å². The van der Waals surface area contributed by atoms with Crippen LogP contribution in [0.2, 0.25) is 0 Å². The van der Waals surface area contributed by atoms with Crippen molar-refractivity contribution in [1.82, 2.24) is 4.98 Å². The minimum Gasteiger partial charge on any atom is -0.303 e. The fourth-order valence-electron chi connectivity index (χ4n) is 3.08. The van der Waals surface area contributed by atoms with Gasteiger partial charge >= 0.3 is 0 Å². The number of halogens is 1. The lowest BCUT2D eigenvalue weighted by Crippen LogP contribution is -2.06. The summed E-state index contributed by atoms with van der Waals surface area (Å²) in [6.45, 7) is 2.09. The van der Waals surface area contributed by atoms with Crippen molar-refractivity contribution in [2.24, 2.45) is 0 Å². The summed E-state index contributed by atoms with van der Waals surface area (Å²) in [4.78, 5) is 15.6. The normalized spacial score (nSPS) is 11.9. The summed E-state index contributed by atoms with van der Waals surface area (Å²) >= 11 is 3.47. The highest BCUT2D eigenvalue weighted by Crippen LogP contribution is 2.36. The van der Waals surface area contributed by atoms with Crippen molar-refractivity contribution in [3.8, 4) is 11.1 Å². The molecule has 120 valence electrons. The molecule has 0 aliphatic carbocycles. The monoisotopic (exact) mass is 379 g/mol. The van der Waals surface area contributed by atoms with Gasteiger partial charge in [0.05, 0.1) is 0 Å². The molecule has 24 heavy (non-hydrogen) atoms. The molecule has 0 N–H and O–H groups in total. The van der Waals surface area contributed by atoms with Gasteiger partial charge in [0.1, 0.15) is 6.29 Å². The van der Waals surface area contributed by atoms with E-state index < -0.39 is 0 Å². The van der Waals surface area contributed by atoms with E-state index in [0.29, 0.717) is 6.42 Å². The first kappa shape index (κ1) is 16.6. The molecule has 1 unspecified atom stereocenters. The van der Waals surface area contributed by atoms with Crippen LogP contribution in [0.15, 0.2) is 71.5 Å². The van der Waals surface area contributed by atoms with Crippen molar-refractivity contribution in [3.05, 3.63) is 88.2 Å². The van der Waals surface area contributed by atoms with Gasteiger partial charge in [-0.2, -0.15) is 0 Å². The quantitative estimate of drug-likeness (QED) is 0.544. The molecule has 0 fully saturated rings. The summed E-state index contributed by atoms with van der Waals surface area (Å²) in [5.41, 5.74) is 5.69. The Labute approximate surface area is 150 Å². The topological polar surface area (TPSA) is 30.0 Å². The molecule has 0 amide bonds. The van der Waals surface area contributed by atoms with Crippen molar-refractivity contribution in [2.45, 2.75) is 19.3 Å². The zero-order chi connectivity index (χ0) is 16.9. The van der Waals surface area contributed by atoms with E-state index >= 15 is 0 Å². The molecule has 0 spiro atoms. The molecule has 1 heterocycles. The van der Waals surface area contributed by atoms with Gasteiger partial charge in [-0.15, -0.1) is 0 Å². The molecule has 2 nitrogen and oxygen atoms in total. The number of hydrogen-bond donors (Lipinski definition) is 0. The van der Waals surface area contributed by atoms with Crippen molar-refractivity contribution < 1.29 is 4.79 Å². The van der Waals surface area contributed by atoms with Gasteiger partial charge in [-0.25, -0.2) is 0 Å². The Morgan fingerprint density at radius 3 is 2.50 bits per heavy atom. The van der Waals surface area contributed by atoms with Gasteiger partial charge in [-0.3, -0.25) is 4.98 Å². The number of benzene rings is 2. The first-order valence-electron chi connectivity index (χ1n) is 7.89. The van der Waals surface area contributed by atoms with Gasteiger partial charge in [-0.05, 0) is 47.4 Å². The lowest BCUT2D eigenvalue weighted by molar-refractivity contribution is -0.108. The highest BCUT2D eigenvalue weighted by molar-refractivity contribution is 9.10. The minimum absolute atomic E-state index is 0.0327. The lowest BCUT2D eigenvalue weighted by Gasteiger charge is -2.21. The smallest absolute Gasteiger partial charge is 0.120 e. The molecule has 0 radical (unpaired) electrons. The molecule has 0 saturated heterocycles. The number of hydrogen-bond acceptors (Lipinski definition) is 2. The largest absolute Gasteiger partial charge is 0.303 e. The van der Waals surface area contributed by atoms with Crippen LogP contribution in [-0.4, -0.2) is 11.3 Å². The average Bonchev–Trinajstić information content (AvgIpc) is 2.61. The highest BCUT2D eigenvalue weighted by atomic mass is 79.9. The molecule has 0 saturated carbocycles.